The first-order valence-electron chi connectivity index (χ1n) is 8.49. The molecule has 134 valence electrons. The zero-order valence-electron chi connectivity index (χ0n) is 16.4. The minimum atomic E-state index is -1.75. The van der Waals surface area contributed by atoms with Crippen molar-refractivity contribution in [1.29, 1.82) is 0 Å². The lowest BCUT2D eigenvalue weighted by atomic mass is 10.1. The largest absolute Gasteiger partial charge is 0.544 e. The van der Waals surface area contributed by atoms with E-state index in [9.17, 15) is 0 Å². The molecule has 0 bridgehead atoms. The normalized spacial score (nSPS) is 13.7. The van der Waals surface area contributed by atoms with E-state index in [0.29, 0.717) is 12.6 Å². The summed E-state index contributed by atoms with van der Waals surface area (Å²) in [6.07, 6.45) is 3.93. The Kier molecular flexibility index (Phi) is 7.36. The van der Waals surface area contributed by atoms with Gasteiger partial charge in [0.25, 0.3) is 5.95 Å². The Morgan fingerprint density at radius 2 is 1.46 bits per heavy atom. The molecule has 0 fully saturated rings. The number of rotatable bonds is 8. The number of benzene rings is 1. The van der Waals surface area contributed by atoms with Gasteiger partial charge in [0.1, 0.15) is 5.76 Å². The average molecular weight is 365 g/mol. The highest BCUT2D eigenvalue weighted by Gasteiger charge is 2.21. The quantitative estimate of drug-likeness (QED) is 0.326. The minimum absolute atomic E-state index is 0.549. The van der Waals surface area contributed by atoms with Gasteiger partial charge < -0.3 is 13.6 Å². The summed E-state index contributed by atoms with van der Waals surface area (Å²) in [4.78, 5) is 0. The first-order chi connectivity index (χ1) is 11.0. The predicted octanol–water partition coefficient (Wildman–Crippen LogP) is 5.92. The van der Waals surface area contributed by atoms with Crippen molar-refractivity contribution >= 4 is 22.7 Å². The monoisotopic (exact) mass is 364 g/mol. The molecule has 24 heavy (non-hydrogen) atoms. The molecule has 0 aliphatic carbocycles. The van der Waals surface area contributed by atoms with E-state index in [2.05, 4.69) is 70.5 Å². The van der Waals surface area contributed by atoms with Crippen molar-refractivity contribution in [3.8, 4) is 0 Å². The summed E-state index contributed by atoms with van der Waals surface area (Å²) in [6, 6.07) is 8.39. The molecular weight excluding hydrogens is 332 g/mol. The molecule has 0 unspecified atom stereocenters. The highest BCUT2D eigenvalue weighted by Crippen LogP contribution is 2.20. The van der Waals surface area contributed by atoms with Crippen LogP contribution in [0.1, 0.15) is 18.1 Å². The molecule has 0 amide bonds. The van der Waals surface area contributed by atoms with E-state index in [0.717, 1.165) is 11.3 Å². The van der Waals surface area contributed by atoms with Gasteiger partial charge in [0.05, 0.1) is 12.7 Å². The third-order valence-electron chi connectivity index (χ3n) is 2.76. The van der Waals surface area contributed by atoms with Crippen molar-refractivity contribution in [3.05, 3.63) is 53.2 Å². The number of allylic oxidation sites excluding steroid dienone is 1. The summed E-state index contributed by atoms with van der Waals surface area (Å²) in [6.45, 7) is 17.6. The molecule has 1 aromatic carbocycles. The Morgan fingerprint density at radius 1 is 0.917 bits per heavy atom. The molecule has 0 heterocycles. The fourth-order valence-electron chi connectivity index (χ4n) is 1.94. The Balaban J connectivity index is 3.19. The van der Waals surface area contributed by atoms with Gasteiger partial charge in [-0.3, -0.25) is 0 Å². The molecule has 0 atom stereocenters. The van der Waals surface area contributed by atoms with Crippen molar-refractivity contribution in [1.82, 2.24) is 0 Å². The van der Waals surface area contributed by atoms with Crippen molar-refractivity contribution in [2.75, 3.05) is 6.61 Å². The molecule has 0 N–H and O–H groups in total. The first-order valence-corrected chi connectivity index (χ1v) is 15.3. The molecule has 0 radical (unpaired) electrons. The topological polar surface area (TPSA) is 27.7 Å². The van der Waals surface area contributed by atoms with Crippen molar-refractivity contribution in [2.24, 2.45) is 0 Å². The van der Waals surface area contributed by atoms with Gasteiger partial charge in [-0.25, -0.2) is 0 Å². The maximum absolute atomic E-state index is 6.24. The lowest BCUT2D eigenvalue weighted by Gasteiger charge is -2.24. The van der Waals surface area contributed by atoms with Gasteiger partial charge in [-0.2, -0.15) is 0 Å². The van der Waals surface area contributed by atoms with E-state index in [1.165, 1.54) is 5.56 Å². The van der Waals surface area contributed by atoms with Crippen LogP contribution in [-0.4, -0.2) is 23.2 Å². The molecule has 0 spiro atoms. The van der Waals surface area contributed by atoms with Crippen LogP contribution in [-0.2, 0) is 13.6 Å². The van der Waals surface area contributed by atoms with Crippen LogP contribution in [0.15, 0.2) is 42.0 Å². The third-order valence-corrected chi connectivity index (χ3v) is 4.43. The van der Waals surface area contributed by atoms with Gasteiger partial charge in [0.15, 0.2) is 0 Å². The number of hydrogen-bond acceptors (Lipinski definition) is 3. The zero-order valence-corrected chi connectivity index (χ0v) is 18.4. The van der Waals surface area contributed by atoms with Gasteiger partial charge in [0.2, 0.25) is 16.6 Å². The second kappa shape index (κ2) is 8.58. The summed E-state index contributed by atoms with van der Waals surface area (Å²) < 4.78 is 18.0. The van der Waals surface area contributed by atoms with Crippen LogP contribution in [0.3, 0.4) is 0 Å². The molecule has 0 aromatic heterocycles. The number of ether oxygens (including phenoxy) is 1. The summed E-state index contributed by atoms with van der Waals surface area (Å²) in [5, 5.41) is 0. The Bertz CT molecular complexity index is 576. The summed E-state index contributed by atoms with van der Waals surface area (Å²) >= 11 is 0. The fourth-order valence-corrected chi connectivity index (χ4v) is 3.49. The van der Waals surface area contributed by atoms with Gasteiger partial charge >= 0.3 is 0 Å². The van der Waals surface area contributed by atoms with E-state index >= 15 is 0 Å². The molecule has 5 heteroatoms. The molecule has 3 nitrogen and oxygen atoms in total. The standard InChI is InChI=1S/C19H32O3Si2/c1-9-20-19(22-24(6,7)8)15-18(21-23(3,4)5)14-17-12-10-16(2)11-13-17/h10-15H,9H2,1-8H3/b18-14+,19-15-. The number of aryl methyl sites for hydroxylation is 1. The van der Waals surface area contributed by atoms with Crippen LogP contribution in [0.5, 0.6) is 0 Å². The molecule has 0 saturated heterocycles. The lowest BCUT2D eigenvalue weighted by molar-refractivity contribution is 0.111. The Morgan fingerprint density at radius 3 is 1.92 bits per heavy atom. The van der Waals surface area contributed by atoms with Gasteiger partial charge in [-0.1, -0.05) is 29.8 Å². The fraction of sp³-hybridized carbons (Fsp3) is 0.474. The smallest absolute Gasteiger partial charge is 0.268 e. The van der Waals surface area contributed by atoms with Crippen LogP contribution < -0.4 is 0 Å². The second-order valence-corrected chi connectivity index (χ2v) is 16.6. The highest BCUT2D eigenvalue weighted by molar-refractivity contribution is 6.70. The van der Waals surface area contributed by atoms with Crippen LogP contribution in [0.25, 0.3) is 6.08 Å². The summed E-state index contributed by atoms with van der Waals surface area (Å²) in [5.41, 5.74) is 2.35. The maximum Gasteiger partial charge on any atom is 0.268 e. The molecule has 0 saturated carbocycles. The highest BCUT2D eigenvalue weighted by atomic mass is 28.4. The first kappa shape index (κ1) is 20.6. The van der Waals surface area contributed by atoms with E-state index in [1.807, 2.05) is 19.1 Å². The van der Waals surface area contributed by atoms with E-state index in [1.54, 1.807) is 0 Å². The summed E-state index contributed by atoms with van der Waals surface area (Å²) in [7, 11) is -3.49. The predicted molar refractivity (Wildman–Crippen MR) is 108 cm³/mol. The minimum Gasteiger partial charge on any atom is -0.544 e. The third kappa shape index (κ3) is 8.98. The second-order valence-electron chi connectivity index (χ2n) is 7.78. The van der Waals surface area contributed by atoms with Gasteiger partial charge in [-0.15, -0.1) is 0 Å². The van der Waals surface area contributed by atoms with E-state index in [-0.39, 0.29) is 0 Å². The maximum atomic E-state index is 6.24. The summed E-state index contributed by atoms with van der Waals surface area (Å²) in [5.74, 6) is 1.34. The Labute approximate surface area is 149 Å². The van der Waals surface area contributed by atoms with Crippen molar-refractivity contribution < 1.29 is 13.6 Å². The zero-order chi connectivity index (χ0) is 18.4. The molecule has 0 aliphatic heterocycles. The van der Waals surface area contributed by atoms with Gasteiger partial charge in [-0.05, 0) is 64.8 Å². The van der Waals surface area contributed by atoms with Crippen molar-refractivity contribution in [2.45, 2.75) is 53.1 Å². The van der Waals surface area contributed by atoms with E-state index < -0.39 is 16.6 Å². The molecule has 1 aromatic rings. The molecule has 1 rings (SSSR count). The van der Waals surface area contributed by atoms with Crippen molar-refractivity contribution in [3.63, 3.8) is 0 Å². The average Bonchev–Trinajstić information content (AvgIpc) is 2.38. The lowest BCUT2D eigenvalue weighted by Crippen LogP contribution is -2.27. The van der Waals surface area contributed by atoms with Gasteiger partial charge in [0, 0.05) is 0 Å². The number of hydrogen-bond donors (Lipinski definition) is 0. The van der Waals surface area contributed by atoms with Crippen LogP contribution >= 0.6 is 0 Å². The SMILES string of the molecule is CCO/C(=C/C(=C\c1ccc(C)cc1)O[Si](C)(C)C)O[Si](C)(C)C. The van der Waals surface area contributed by atoms with Crippen LogP contribution in [0.4, 0.5) is 0 Å². The van der Waals surface area contributed by atoms with E-state index in [4.69, 9.17) is 13.6 Å². The molecular formula is C19H32O3Si2. The van der Waals surface area contributed by atoms with Crippen LogP contribution in [0, 0.1) is 6.92 Å². The molecule has 0 aliphatic rings. The van der Waals surface area contributed by atoms with Crippen LogP contribution in [0.2, 0.25) is 39.3 Å². The Hall–Kier alpha value is -1.47.